The Hall–Kier alpha value is -3.50. The van der Waals surface area contributed by atoms with Crippen molar-refractivity contribution in [3.63, 3.8) is 0 Å². The van der Waals surface area contributed by atoms with Crippen molar-refractivity contribution in [2.45, 2.75) is 96.6 Å². The van der Waals surface area contributed by atoms with Crippen molar-refractivity contribution in [3.05, 3.63) is 70.9 Å². The van der Waals surface area contributed by atoms with E-state index in [-0.39, 0.29) is 40.6 Å². The molecular weight excluding hydrogens is 565 g/mol. The minimum atomic E-state index is -1.86. The largest absolute Gasteiger partial charge is 0.496 e. The standard InChI is InChI=1S/C33H44FN3O5Si/c1-8-37-29(32(39)40)28(36-30(37)23-13-16-25(17-14-23)42-43(6,7)33(2,3)4)22-11-9-21(10-12-22)20-35-31(38)26-19-24(34)15-18-27(26)41-5/h9-12,15,18-19,23,25H,8,13-14,16-17,20H2,1-7H3,(H,35,38)(H,39,40). The van der Waals surface area contributed by atoms with Gasteiger partial charge in [-0.15, -0.1) is 0 Å². The van der Waals surface area contributed by atoms with Crippen molar-refractivity contribution in [1.29, 1.82) is 0 Å². The zero-order valence-electron chi connectivity index (χ0n) is 26.3. The molecule has 2 N–H and O–H groups in total. The maximum absolute atomic E-state index is 13.7. The van der Waals surface area contributed by atoms with Gasteiger partial charge in [0.25, 0.3) is 5.91 Å². The van der Waals surface area contributed by atoms with E-state index >= 15 is 0 Å². The molecule has 0 bridgehead atoms. The second-order valence-electron chi connectivity index (χ2n) is 12.8. The molecule has 1 aliphatic carbocycles. The van der Waals surface area contributed by atoms with Crippen LogP contribution in [0.1, 0.15) is 91.5 Å². The Morgan fingerprint density at radius 1 is 1.09 bits per heavy atom. The first-order valence-corrected chi connectivity index (χ1v) is 17.9. The molecule has 1 saturated carbocycles. The Kier molecular flexibility index (Phi) is 9.81. The Morgan fingerprint density at radius 3 is 2.30 bits per heavy atom. The van der Waals surface area contributed by atoms with Crippen LogP contribution in [-0.4, -0.2) is 48.1 Å². The first kappa shape index (κ1) is 32.4. The molecule has 1 amide bonds. The van der Waals surface area contributed by atoms with Gasteiger partial charge in [-0.05, 0) is 74.5 Å². The lowest BCUT2D eigenvalue weighted by Crippen LogP contribution is -2.44. The van der Waals surface area contributed by atoms with Crippen molar-refractivity contribution in [3.8, 4) is 17.0 Å². The molecule has 0 aliphatic heterocycles. The summed E-state index contributed by atoms with van der Waals surface area (Å²) in [6.07, 6.45) is 3.92. The van der Waals surface area contributed by atoms with Crippen LogP contribution in [0, 0.1) is 5.82 Å². The highest BCUT2D eigenvalue weighted by atomic mass is 28.4. The molecule has 8 nitrogen and oxygen atoms in total. The smallest absolute Gasteiger partial charge is 0.354 e. The number of carbonyl (C=O) groups is 2. The quantitative estimate of drug-likeness (QED) is 0.232. The van der Waals surface area contributed by atoms with Gasteiger partial charge < -0.3 is 24.2 Å². The summed E-state index contributed by atoms with van der Waals surface area (Å²) in [5.41, 5.74) is 2.26. The van der Waals surface area contributed by atoms with E-state index in [0.29, 0.717) is 17.8 Å². The van der Waals surface area contributed by atoms with E-state index in [9.17, 15) is 19.1 Å². The van der Waals surface area contributed by atoms with Crippen molar-refractivity contribution in [2.75, 3.05) is 7.11 Å². The molecule has 0 atom stereocenters. The molecule has 1 heterocycles. The first-order chi connectivity index (χ1) is 20.3. The lowest BCUT2D eigenvalue weighted by atomic mass is 9.87. The van der Waals surface area contributed by atoms with E-state index in [1.807, 2.05) is 35.8 Å². The molecule has 232 valence electrons. The molecule has 3 aromatic rings. The van der Waals surface area contributed by atoms with Crippen molar-refractivity contribution >= 4 is 20.2 Å². The van der Waals surface area contributed by atoms with E-state index in [1.165, 1.54) is 19.2 Å². The van der Waals surface area contributed by atoms with Crippen molar-refractivity contribution in [2.24, 2.45) is 0 Å². The van der Waals surface area contributed by atoms with Crippen molar-refractivity contribution < 1.29 is 28.2 Å². The number of halogens is 1. The molecule has 0 radical (unpaired) electrons. The maximum atomic E-state index is 13.7. The number of aromatic carboxylic acids is 1. The number of ether oxygens (including phenoxy) is 1. The van der Waals surface area contributed by atoms with Crippen LogP contribution in [0.4, 0.5) is 4.39 Å². The molecule has 1 aliphatic rings. The van der Waals surface area contributed by atoms with Crippen LogP contribution in [0.25, 0.3) is 11.3 Å². The number of carbonyl (C=O) groups excluding carboxylic acids is 1. The summed E-state index contributed by atoms with van der Waals surface area (Å²) >= 11 is 0. The first-order valence-electron chi connectivity index (χ1n) is 15.0. The minimum Gasteiger partial charge on any atom is -0.496 e. The molecular formula is C33H44FN3O5Si. The number of rotatable bonds is 10. The molecule has 0 unspecified atom stereocenters. The molecule has 1 aromatic heterocycles. The monoisotopic (exact) mass is 609 g/mol. The van der Waals surface area contributed by atoms with Crippen molar-refractivity contribution in [1.82, 2.24) is 14.9 Å². The Balaban J connectivity index is 1.49. The van der Waals surface area contributed by atoms with Crippen LogP contribution in [-0.2, 0) is 17.5 Å². The van der Waals surface area contributed by atoms with Crippen LogP contribution in [0.3, 0.4) is 0 Å². The highest BCUT2D eigenvalue weighted by Gasteiger charge is 2.40. The van der Waals surface area contributed by atoms with Crippen LogP contribution >= 0.6 is 0 Å². The average Bonchev–Trinajstić information content (AvgIpc) is 3.36. The maximum Gasteiger partial charge on any atom is 0.354 e. The van der Waals surface area contributed by atoms with E-state index in [1.54, 1.807) is 0 Å². The fourth-order valence-electron chi connectivity index (χ4n) is 5.47. The molecule has 0 spiro atoms. The summed E-state index contributed by atoms with van der Waals surface area (Å²) < 4.78 is 27.4. The Bertz CT molecular complexity index is 1450. The minimum absolute atomic E-state index is 0.114. The highest BCUT2D eigenvalue weighted by Crippen LogP contribution is 2.42. The Morgan fingerprint density at radius 2 is 1.74 bits per heavy atom. The molecule has 43 heavy (non-hydrogen) atoms. The predicted octanol–water partition coefficient (Wildman–Crippen LogP) is 7.39. The number of nitrogens with zero attached hydrogens (tertiary/aromatic N) is 2. The summed E-state index contributed by atoms with van der Waals surface area (Å²) in [5, 5.41) is 13.2. The second kappa shape index (κ2) is 13.0. The number of imidazole rings is 1. The molecule has 0 saturated heterocycles. The van der Waals surface area contributed by atoms with Crippen LogP contribution < -0.4 is 10.1 Å². The number of hydrogen-bond donors (Lipinski definition) is 2. The lowest BCUT2D eigenvalue weighted by molar-refractivity contribution is 0.0684. The number of hydrogen-bond acceptors (Lipinski definition) is 5. The van der Waals surface area contributed by atoms with Gasteiger partial charge in [0.1, 0.15) is 23.1 Å². The molecule has 10 heteroatoms. The van der Waals surface area contributed by atoms with Gasteiger partial charge in [-0.2, -0.15) is 0 Å². The van der Waals surface area contributed by atoms with E-state index in [4.69, 9.17) is 14.1 Å². The summed E-state index contributed by atoms with van der Waals surface area (Å²) in [6, 6.07) is 11.1. The van der Waals surface area contributed by atoms with E-state index in [2.05, 4.69) is 39.2 Å². The van der Waals surface area contributed by atoms with Crippen LogP contribution in [0.15, 0.2) is 42.5 Å². The van der Waals surface area contributed by atoms with Gasteiger partial charge in [0, 0.05) is 30.7 Å². The molecule has 2 aromatic carbocycles. The van der Waals surface area contributed by atoms with Gasteiger partial charge >= 0.3 is 5.97 Å². The normalized spacial score (nSPS) is 17.5. The van der Waals surface area contributed by atoms with Gasteiger partial charge in [0.15, 0.2) is 14.0 Å². The zero-order valence-corrected chi connectivity index (χ0v) is 27.3. The number of methoxy groups -OCH3 is 1. The summed E-state index contributed by atoms with van der Waals surface area (Å²) in [4.78, 5) is 30.1. The van der Waals surface area contributed by atoms with E-state index < -0.39 is 26.0 Å². The number of carboxylic acid groups (broad SMARTS) is 1. The topological polar surface area (TPSA) is 103 Å². The Labute approximate surface area is 254 Å². The summed E-state index contributed by atoms with van der Waals surface area (Å²) in [7, 11) is -0.433. The fourth-order valence-corrected chi connectivity index (χ4v) is 6.89. The fraction of sp³-hybridized carbons (Fsp3) is 0.485. The zero-order chi connectivity index (χ0) is 31.5. The number of carboxylic acids is 1. The van der Waals surface area contributed by atoms with Crippen LogP contribution in [0.5, 0.6) is 5.75 Å². The lowest BCUT2D eigenvalue weighted by Gasteiger charge is -2.41. The van der Waals surface area contributed by atoms with Gasteiger partial charge in [-0.1, -0.05) is 45.0 Å². The highest BCUT2D eigenvalue weighted by molar-refractivity contribution is 6.74. The predicted molar refractivity (Wildman–Crippen MR) is 168 cm³/mol. The third-order valence-electron chi connectivity index (χ3n) is 8.91. The van der Waals surface area contributed by atoms with Gasteiger partial charge in [0.2, 0.25) is 0 Å². The number of nitrogens with one attached hydrogen (secondary N) is 1. The number of benzene rings is 2. The van der Waals surface area contributed by atoms with Gasteiger partial charge in [-0.3, -0.25) is 4.79 Å². The molecule has 4 rings (SSSR count). The third-order valence-corrected chi connectivity index (χ3v) is 13.4. The average molecular weight is 610 g/mol. The third kappa shape index (κ3) is 7.18. The summed E-state index contributed by atoms with van der Waals surface area (Å²) in [5.74, 6) is -0.714. The van der Waals surface area contributed by atoms with Gasteiger partial charge in [0.05, 0.1) is 12.7 Å². The SMILES string of the molecule is CCn1c(C2CCC(O[Si](C)(C)C(C)(C)C)CC2)nc(-c2ccc(CNC(=O)c3cc(F)ccc3OC)cc2)c1C(=O)O. The number of amides is 1. The summed E-state index contributed by atoms with van der Waals surface area (Å²) in [6.45, 7) is 14.0. The number of aromatic nitrogens is 2. The second-order valence-corrected chi connectivity index (χ2v) is 17.5. The van der Waals surface area contributed by atoms with E-state index in [0.717, 1.165) is 43.1 Å². The molecule has 1 fully saturated rings. The van der Waals surface area contributed by atoms with Gasteiger partial charge in [-0.25, -0.2) is 14.2 Å². The van der Waals surface area contributed by atoms with Crippen LogP contribution in [0.2, 0.25) is 18.1 Å².